The van der Waals surface area contributed by atoms with Crippen molar-refractivity contribution in [3.05, 3.63) is 35.4 Å². The number of rotatable bonds is 2. The van der Waals surface area contributed by atoms with Gasteiger partial charge in [0.15, 0.2) is 5.17 Å². The fourth-order valence-electron chi connectivity index (χ4n) is 2.48. The van der Waals surface area contributed by atoms with Crippen LogP contribution < -0.4 is 5.32 Å². The second-order valence-corrected chi connectivity index (χ2v) is 6.50. The summed E-state index contributed by atoms with van der Waals surface area (Å²) in [5.41, 5.74) is -5.41. The molecule has 0 radical (unpaired) electrons. The molecule has 1 atom stereocenters. The summed E-state index contributed by atoms with van der Waals surface area (Å²) in [6.07, 6.45) is -10.0. The minimum absolute atomic E-state index is 0.000404. The van der Waals surface area contributed by atoms with Crippen molar-refractivity contribution < 1.29 is 35.9 Å². The van der Waals surface area contributed by atoms with Gasteiger partial charge < -0.3 is 5.32 Å². The molecule has 1 aromatic carbocycles. The number of amidine groups is 1. The van der Waals surface area contributed by atoms with Gasteiger partial charge in [-0.3, -0.25) is 14.5 Å². The maximum atomic E-state index is 13.6. The fraction of sp³-hybridized carbons (Fsp3) is 0.357. The molecule has 1 fully saturated rings. The Morgan fingerprint density at radius 1 is 1.23 bits per heavy atom. The molecule has 2 amide bonds. The third kappa shape index (κ3) is 2.91. The molecule has 1 saturated heterocycles. The van der Waals surface area contributed by atoms with Gasteiger partial charge in [-0.05, 0) is 18.2 Å². The molecule has 0 unspecified atom stereocenters. The largest absolute Gasteiger partial charge is 0.442 e. The highest BCUT2D eigenvalue weighted by Gasteiger charge is 2.67. The van der Waals surface area contributed by atoms with Gasteiger partial charge in [0.05, 0.1) is 5.56 Å². The van der Waals surface area contributed by atoms with Crippen molar-refractivity contribution in [3.8, 4) is 0 Å². The van der Waals surface area contributed by atoms with E-state index in [2.05, 4.69) is 4.99 Å². The number of hydrogen-bond acceptors (Lipinski definition) is 4. The number of amides is 2. The molecule has 3 rings (SSSR count). The van der Waals surface area contributed by atoms with E-state index in [1.165, 1.54) is 5.32 Å². The lowest BCUT2D eigenvalue weighted by atomic mass is 10.1. The van der Waals surface area contributed by atoms with E-state index in [0.717, 1.165) is 28.8 Å². The molecule has 0 aromatic heterocycles. The monoisotopic (exact) mass is 397 g/mol. The van der Waals surface area contributed by atoms with Crippen LogP contribution in [-0.2, 0) is 11.0 Å². The second kappa shape index (κ2) is 5.89. The first-order chi connectivity index (χ1) is 12.0. The predicted octanol–water partition coefficient (Wildman–Crippen LogP) is 2.64. The lowest BCUT2D eigenvalue weighted by molar-refractivity contribution is -0.196. The number of hydrogen-bond donors (Lipinski definition) is 1. The Hall–Kier alpha value is -2.24. The number of thioether (sulfide) groups is 1. The van der Waals surface area contributed by atoms with Crippen LogP contribution in [0, 0.1) is 0 Å². The number of alkyl halides is 6. The molecular formula is C14H9F6N3O2S. The van der Waals surface area contributed by atoms with Gasteiger partial charge in [-0.1, -0.05) is 17.8 Å². The van der Waals surface area contributed by atoms with Crippen molar-refractivity contribution in [2.24, 2.45) is 4.99 Å². The fourth-order valence-corrected chi connectivity index (χ4v) is 3.47. The highest BCUT2D eigenvalue weighted by atomic mass is 32.2. The number of nitrogens with zero attached hydrogens (tertiary/aromatic N) is 2. The minimum Gasteiger partial charge on any atom is -0.312 e. The van der Waals surface area contributed by atoms with Crippen molar-refractivity contribution in [1.82, 2.24) is 10.2 Å². The molecule has 26 heavy (non-hydrogen) atoms. The molecule has 12 heteroatoms. The van der Waals surface area contributed by atoms with Gasteiger partial charge in [0.2, 0.25) is 0 Å². The summed E-state index contributed by atoms with van der Waals surface area (Å²) >= 11 is 0.919. The number of aliphatic imine (C=N–C) groups is 1. The van der Waals surface area contributed by atoms with E-state index in [0.29, 0.717) is 17.9 Å². The van der Waals surface area contributed by atoms with Crippen molar-refractivity contribution in [2.75, 3.05) is 12.3 Å². The van der Waals surface area contributed by atoms with Crippen molar-refractivity contribution in [3.63, 3.8) is 0 Å². The number of fused-ring (bicyclic) bond motifs is 1. The predicted molar refractivity (Wildman–Crippen MR) is 79.3 cm³/mol. The summed E-state index contributed by atoms with van der Waals surface area (Å²) in [7, 11) is 0. The van der Waals surface area contributed by atoms with Gasteiger partial charge in [-0.2, -0.15) is 26.3 Å². The van der Waals surface area contributed by atoms with Crippen LogP contribution in [-0.4, -0.2) is 46.0 Å². The molecule has 0 saturated carbocycles. The molecule has 5 nitrogen and oxygen atoms in total. The topological polar surface area (TPSA) is 61.8 Å². The summed E-state index contributed by atoms with van der Waals surface area (Å²) < 4.78 is 78.8. The molecule has 2 aliphatic heterocycles. The number of benzene rings is 1. The Morgan fingerprint density at radius 3 is 2.50 bits per heavy atom. The minimum atomic E-state index is -5.26. The maximum absolute atomic E-state index is 13.6. The zero-order valence-corrected chi connectivity index (χ0v) is 13.4. The van der Waals surface area contributed by atoms with Crippen LogP contribution >= 0.6 is 11.8 Å². The Morgan fingerprint density at radius 2 is 1.92 bits per heavy atom. The number of nitrogens with one attached hydrogen (secondary N) is 1. The number of carbonyl (C=O) groups excluding carboxylic acids is 2. The molecule has 140 valence electrons. The highest BCUT2D eigenvalue weighted by Crippen LogP contribution is 2.41. The van der Waals surface area contributed by atoms with Gasteiger partial charge in [0, 0.05) is 17.9 Å². The summed E-state index contributed by atoms with van der Waals surface area (Å²) in [5.74, 6) is -2.61. The lowest BCUT2D eigenvalue weighted by Gasteiger charge is -2.28. The smallest absolute Gasteiger partial charge is 0.312 e. The molecule has 0 bridgehead atoms. The normalized spacial score (nSPS) is 23.1. The maximum Gasteiger partial charge on any atom is 0.442 e. The van der Waals surface area contributed by atoms with E-state index >= 15 is 0 Å². The van der Waals surface area contributed by atoms with Crippen LogP contribution in [0.5, 0.6) is 0 Å². The first-order valence-corrected chi connectivity index (χ1v) is 8.05. The van der Waals surface area contributed by atoms with E-state index < -0.39 is 41.0 Å². The van der Waals surface area contributed by atoms with Gasteiger partial charge in [0.25, 0.3) is 11.8 Å². The molecule has 1 N–H and O–H groups in total. The Labute approximate surface area is 146 Å². The van der Waals surface area contributed by atoms with E-state index in [9.17, 15) is 35.9 Å². The van der Waals surface area contributed by atoms with Crippen LogP contribution in [0.2, 0.25) is 0 Å². The van der Waals surface area contributed by atoms with Crippen LogP contribution in [0.25, 0.3) is 0 Å². The molecule has 0 spiro atoms. The summed E-state index contributed by atoms with van der Waals surface area (Å²) in [6.45, 7) is -0.000404. The molecule has 2 aliphatic rings. The average Bonchev–Trinajstić information content (AvgIpc) is 3.08. The van der Waals surface area contributed by atoms with Gasteiger partial charge in [-0.15, -0.1) is 0 Å². The van der Waals surface area contributed by atoms with E-state index in [1.807, 2.05) is 0 Å². The molecular weight excluding hydrogens is 388 g/mol. The van der Waals surface area contributed by atoms with Crippen LogP contribution in [0.4, 0.5) is 26.3 Å². The van der Waals surface area contributed by atoms with Crippen molar-refractivity contribution in [1.29, 1.82) is 0 Å². The summed E-state index contributed by atoms with van der Waals surface area (Å²) in [4.78, 5) is 28.5. The Balaban J connectivity index is 1.96. The second-order valence-electron chi connectivity index (χ2n) is 5.44. The van der Waals surface area contributed by atoms with E-state index in [-0.39, 0.29) is 11.7 Å². The van der Waals surface area contributed by atoms with Crippen LogP contribution in [0.3, 0.4) is 0 Å². The lowest BCUT2D eigenvalue weighted by Crippen LogP contribution is -2.63. The molecule has 2 heterocycles. The number of halogens is 6. The van der Waals surface area contributed by atoms with E-state index in [1.54, 1.807) is 0 Å². The molecule has 1 aromatic rings. The standard InChI is InChI=1S/C14H9F6N3O2S/c15-13(16,17)8-3-1-2-7(6-8)9(24)21-12(14(18,19)20)10(25)23-4-5-26-11(23)22-12/h1-3,6H,4-5H2,(H,21,24)/t12-/m0/s1. The summed E-state index contributed by atoms with van der Waals surface area (Å²) in [6, 6.07) is 2.87. The third-order valence-electron chi connectivity index (χ3n) is 3.75. The van der Waals surface area contributed by atoms with Crippen LogP contribution in [0.15, 0.2) is 29.3 Å². The SMILES string of the molecule is O=C(N[C@]1(C(F)(F)F)N=C2SCCN2C1=O)c1cccc(C(F)(F)F)c1. The zero-order chi connectivity index (χ0) is 19.3. The van der Waals surface area contributed by atoms with Crippen molar-refractivity contribution >= 4 is 28.7 Å². The first-order valence-electron chi connectivity index (χ1n) is 7.07. The molecule has 0 aliphatic carbocycles. The van der Waals surface area contributed by atoms with Gasteiger partial charge in [-0.25, -0.2) is 4.99 Å². The van der Waals surface area contributed by atoms with Gasteiger partial charge in [0.1, 0.15) is 0 Å². The zero-order valence-electron chi connectivity index (χ0n) is 12.6. The average molecular weight is 397 g/mol. The summed E-state index contributed by atoms with van der Waals surface area (Å²) in [5, 5.41) is 1.30. The number of carbonyl (C=O) groups is 2. The quantitative estimate of drug-likeness (QED) is 0.781. The Bertz CT molecular complexity index is 807. The van der Waals surface area contributed by atoms with Crippen LogP contribution in [0.1, 0.15) is 15.9 Å². The van der Waals surface area contributed by atoms with Gasteiger partial charge >= 0.3 is 18.0 Å². The van der Waals surface area contributed by atoms with Crippen molar-refractivity contribution in [2.45, 2.75) is 18.0 Å². The third-order valence-corrected chi connectivity index (χ3v) is 4.71. The first kappa shape index (κ1) is 18.5. The highest BCUT2D eigenvalue weighted by molar-refractivity contribution is 8.14. The van der Waals surface area contributed by atoms with E-state index in [4.69, 9.17) is 0 Å². The Kier molecular flexibility index (Phi) is 4.20.